The summed E-state index contributed by atoms with van der Waals surface area (Å²) in [6.45, 7) is 4.20. The van der Waals surface area contributed by atoms with Gasteiger partial charge < -0.3 is 10.1 Å². The van der Waals surface area contributed by atoms with E-state index in [1.54, 1.807) is 7.11 Å². The van der Waals surface area contributed by atoms with Crippen molar-refractivity contribution >= 4 is 33.8 Å². The maximum atomic E-state index is 13.1. The fourth-order valence-electron chi connectivity index (χ4n) is 4.77. The van der Waals surface area contributed by atoms with Crippen molar-refractivity contribution in [3.8, 4) is 11.4 Å². The average Bonchev–Trinajstić information content (AvgIpc) is 3.22. The van der Waals surface area contributed by atoms with Crippen molar-refractivity contribution in [2.45, 2.75) is 19.4 Å². The van der Waals surface area contributed by atoms with E-state index in [9.17, 15) is 13.9 Å². The Kier molecular flexibility index (Phi) is 7.73. The number of aryl methyl sites for hydroxylation is 1. The number of fused-ring (bicyclic) bond motifs is 3. The van der Waals surface area contributed by atoms with Crippen LogP contribution in [0.4, 0.5) is 0 Å². The van der Waals surface area contributed by atoms with E-state index >= 15 is 0 Å². The van der Waals surface area contributed by atoms with Gasteiger partial charge in [-0.25, -0.2) is 0 Å². The van der Waals surface area contributed by atoms with Gasteiger partial charge in [0.1, 0.15) is 17.6 Å². The maximum Gasteiger partial charge on any atom is 0.222 e. The lowest BCUT2D eigenvalue weighted by Crippen LogP contribution is -2.42. The number of hydrogen-bond donors (Lipinski definition) is 3. The molecule has 2 aliphatic rings. The normalized spacial score (nSPS) is 19.5. The molecule has 3 aromatic rings. The summed E-state index contributed by atoms with van der Waals surface area (Å²) < 4.78 is 27.1. The van der Waals surface area contributed by atoms with Crippen LogP contribution in [0, 0.1) is 6.92 Å². The Morgan fingerprint density at radius 1 is 1.16 bits per heavy atom. The summed E-state index contributed by atoms with van der Waals surface area (Å²) in [7, 11) is -0.818. The number of ether oxygens (including phenoxy) is 1. The lowest BCUT2D eigenvalue weighted by atomic mass is 10.00. The molecule has 10 nitrogen and oxygen atoms in total. The third-order valence-corrected chi connectivity index (χ3v) is 8.77. The van der Waals surface area contributed by atoms with Gasteiger partial charge in [-0.2, -0.15) is 10.6 Å². The smallest absolute Gasteiger partial charge is 0.222 e. The van der Waals surface area contributed by atoms with Crippen LogP contribution in [0.2, 0.25) is 5.02 Å². The number of methoxy groups -OCH3 is 1. The quantitative estimate of drug-likeness (QED) is 0.404. The molecule has 1 fully saturated rings. The molecule has 202 valence electrons. The van der Waals surface area contributed by atoms with E-state index < -0.39 is 16.6 Å². The van der Waals surface area contributed by atoms with Crippen molar-refractivity contribution < 1.29 is 18.6 Å². The van der Waals surface area contributed by atoms with Gasteiger partial charge in [0.15, 0.2) is 5.82 Å². The molecule has 1 atom stereocenters. The fraction of sp³-hybridized carbons (Fsp3) is 0.385. The van der Waals surface area contributed by atoms with Gasteiger partial charge >= 0.3 is 0 Å². The molecular formula is C26H31ClN6O4S. The second kappa shape index (κ2) is 11.0. The molecule has 0 unspecified atom stereocenters. The van der Waals surface area contributed by atoms with Crippen LogP contribution in [-0.4, -0.2) is 85.2 Å². The summed E-state index contributed by atoms with van der Waals surface area (Å²) in [6.07, 6.45) is 0.0981. The standard InChI is InChI=1S/C26H31ClN6O4S/c1-17-30-31-26-22(16-24(34)28-9-10-32-11-13-38(35,36)14-12-32)29-25(18-3-5-19(27)6-4-18)21-15-20(37-2)7-8-23(21)33(17)26/h3-8,15,22,35-36H,9-14,16H2,1-2H3,(H,28,34)/t22-/m0/s1. The first kappa shape index (κ1) is 26.6. The molecule has 3 N–H and O–H groups in total. The van der Waals surface area contributed by atoms with Crippen molar-refractivity contribution in [2.24, 2.45) is 4.99 Å². The van der Waals surface area contributed by atoms with E-state index in [-0.39, 0.29) is 12.3 Å². The zero-order valence-corrected chi connectivity index (χ0v) is 22.9. The number of halogens is 1. The molecule has 1 saturated heterocycles. The second-order valence-electron chi connectivity index (χ2n) is 9.43. The van der Waals surface area contributed by atoms with Crippen LogP contribution in [0.5, 0.6) is 5.75 Å². The van der Waals surface area contributed by atoms with Crippen LogP contribution in [0.3, 0.4) is 0 Å². The molecule has 0 aliphatic carbocycles. The first-order chi connectivity index (χ1) is 18.2. The molecule has 1 aromatic heterocycles. The Morgan fingerprint density at radius 3 is 2.61 bits per heavy atom. The predicted octanol–water partition coefficient (Wildman–Crippen LogP) is 3.70. The SMILES string of the molecule is COc1ccc2c(c1)C(c1ccc(Cl)cc1)=N[C@@H](CC(=O)NCCN1CCS(O)(O)CC1)c1nnc(C)n1-2. The maximum absolute atomic E-state index is 13.1. The summed E-state index contributed by atoms with van der Waals surface area (Å²) >= 11 is 6.16. The van der Waals surface area contributed by atoms with E-state index in [1.165, 1.54) is 0 Å². The first-order valence-electron chi connectivity index (χ1n) is 12.4. The molecule has 3 heterocycles. The average molecular weight is 559 g/mol. The number of nitrogens with zero attached hydrogens (tertiary/aromatic N) is 5. The van der Waals surface area contributed by atoms with Crippen LogP contribution in [-0.2, 0) is 4.79 Å². The summed E-state index contributed by atoms with van der Waals surface area (Å²) in [5, 5.41) is 12.3. The van der Waals surface area contributed by atoms with Crippen LogP contribution in [0.1, 0.15) is 35.2 Å². The van der Waals surface area contributed by atoms with Gasteiger partial charge in [0, 0.05) is 42.3 Å². The van der Waals surface area contributed by atoms with Crippen LogP contribution in [0.15, 0.2) is 47.5 Å². The van der Waals surface area contributed by atoms with Crippen molar-refractivity contribution in [1.82, 2.24) is 25.0 Å². The molecule has 0 saturated carbocycles. The number of hydrogen-bond acceptors (Lipinski definition) is 8. The van der Waals surface area contributed by atoms with E-state index in [0.717, 1.165) is 16.8 Å². The number of aromatic nitrogens is 3. The molecule has 2 aliphatic heterocycles. The van der Waals surface area contributed by atoms with Crippen LogP contribution >= 0.6 is 22.2 Å². The summed E-state index contributed by atoms with van der Waals surface area (Å²) in [5.41, 5.74) is 3.28. The Labute approximate surface area is 228 Å². The number of amides is 1. The molecule has 38 heavy (non-hydrogen) atoms. The molecule has 0 spiro atoms. The molecule has 2 aromatic carbocycles. The topological polar surface area (TPSA) is 125 Å². The number of nitrogens with one attached hydrogen (secondary N) is 1. The van der Waals surface area contributed by atoms with Gasteiger partial charge in [0.05, 0.1) is 36.4 Å². The third-order valence-electron chi connectivity index (χ3n) is 6.85. The highest BCUT2D eigenvalue weighted by Gasteiger charge is 2.30. The molecule has 1 amide bonds. The minimum absolute atomic E-state index is 0.0981. The monoisotopic (exact) mass is 558 g/mol. The van der Waals surface area contributed by atoms with Crippen molar-refractivity contribution in [2.75, 3.05) is 44.8 Å². The summed E-state index contributed by atoms with van der Waals surface area (Å²) in [4.78, 5) is 20.3. The highest BCUT2D eigenvalue weighted by atomic mass is 35.5. The third kappa shape index (κ3) is 5.71. The number of aliphatic imine (C=N–C) groups is 1. The Morgan fingerprint density at radius 2 is 1.89 bits per heavy atom. The number of carbonyl (C=O) groups is 1. The largest absolute Gasteiger partial charge is 0.497 e. The van der Waals surface area contributed by atoms with Gasteiger partial charge in [0.2, 0.25) is 5.91 Å². The van der Waals surface area contributed by atoms with Crippen molar-refractivity contribution in [1.29, 1.82) is 0 Å². The summed E-state index contributed by atoms with van der Waals surface area (Å²) in [5.74, 6) is 2.59. The fourth-order valence-corrected chi connectivity index (χ4v) is 6.20. The molecule has 0 radical (unpaired) electrons. The lowest BCUT2D eigenvalue weighted by Gasteiger charge is -2.40. The van der Waals surface area contributed by atoms with Crippen molar-refractivity contribution in [3.05, 3.63) is 70.3 Å². The second-order valence-corrected chi connectivity index (χ2v) is 12.3. The van der Waals surface area contributed by atoms with Gasteiger partial charge in [-0.15, -0.1) is 10.2 Å². The number of benzene rings is 2. The van der Waals surface area contributed by atoms with Gasteiger partial charge in [-0.1, -0.05) is 23.7 Å². The van der Waals surface area contributed by atoms with E-state index in [1.807, 2.05) is 54.0 Å². The van der Waals surface area contributed by atoms with Gasteiger partial charge in [-0.05, 0) is 37.3 Å². The molecule has 12 heteroatoms. The van der Waals surface area contributed by atoms with E-state index in [0.29, 0.717) is 65.8 Å². The van der Waals surface area contributed by atoms with Gasteiger partial charge in [0.25, 0.3) is 0 Å². The predicted molar refractivity (Wildman–Crippen MR) is 149 cm³/mol. The number of carbonyl (C=O) groups excluding carboxylic acids is 1. The Balaban J connectivity index is 1.41. The Hall–Kier alpha value is -2.96. The molecule has 5 rings (SSSR count). The molecular weight excluding hydrogens is 528 g/mol. The van der Waals surface area contributed by atoms with Crippen LogP contribution in [0.25, 0.3) is 5.69 Å². The number of rotatable bonds is 7. The van der Waals surface area contributed by atoms with Gasteiger partial charge in [-0.3, -0.25) is 28.4 Å². The van der Waals surface area contributed by atoms with Crippen LogP contribution < -0.4 is 10.1 Å². The first-order valence-corrected chi connectivity index (χ1v) is 14.7. The zero-order chi connectivity index (χ0) is 26.9. The van der Waals surface area contributed by atoms with E-state index in [2.05, 4.69) is 20.4 Å². The van der Waals surface area contributed by atoms with Crippen molar-refractivity contribution in [3.63, 3.8) is 0 Å². The summed E-state index contributed by atoms with van der Waals surface area (Å²) in [6, 6.07) is 12.7. The zero-order valence-electron chi connectivity index (χ0n) is 21.3. The Bertz CT molecular complexity index is 1350. The van der Waals surface area contributed by atoms with E-state index in [4.69, 9.17) is 21.3 Å². The minimum Gasteiger partial charge on any atom is -0.497 e. The highest BCUT2D eigenvalue weighted by Crippen LogP contribution is 2.40. The lowest BCUT2D eigenvalue weighted by molar-refractivity contribution is -0.121. The minimum atomic E-state index is -2.44. The molecule has 0 bridgehead atoms. The highest BCUT2D eigenvalue weighted by molar-refractivity contribution is 8.24.